The van der Waals surface area contributed by atoms with Crippen molar-refractivity contribution in [1.82, 2.24) is 14.7 Å². The Bertz CT molecular complexity index is 967. The number of nitrogens with zero attached hydrogens (tertiary/aromatic N) is 3. The van der Waals surface area contributed by atoms with E-state index in [1.807, 2.05) is 36.5 Å². The molecule has 158 valence electrons. The van der Waals surface area contributed by atoms with Crippen LogP contribution in [0.25, 0.3) is 5.69 Å². The van der Waals surface area contributed by atoms with Crippen molar-refractivity contribution in [3.63, 3.8) is 0 Å². The van der Waals surface area contributed by atoms with E-state index in [9.17, 15) is 4.79 Å². The molecule has 6 heteroatoms. The first-order chi connectivity index (χ1) is 14.5. The molecule has 0 radical (unpaired) electrons. The van der Waals surface area contributed by atoms with E-state index in [0.717, 1.165) is 17.7 Å². The third kappa shape index (κ3) is 5.41. The minimum atomic E-state index is -0.0884. The molecule has 0 aliphatic carbocycles. The predicted octanol–water partition coefficient (Wildman–Crippen LogP) is 4.58. The second-order valence-corrected chi connectivity index (χ2v) is 7.69. The summed E-state index contributed by atoms with van der Waals surface area (Å²) in [6, 6.07) is 15.2. The fraction of sp³-hybridized carbons (Fsp3) is 0.333. The molecule has 1 amide bonds. The Kier molecular flexibility index (Phi) is 7.12. The summed E-state index contributed by atoms with van der Waals surface area (Å²) < 4.78 is 13.1. The van der Waals surface area contributed by atoms with Gasteiger partial charge < -0.3 is 14.4 Å². The molecule has 0 unspecified atom stereocenters. The molecule has 6 nitrogen and oxygen atoms in total. The van der Waals surface area contributed by atoms with Crippen molar-refractivity contribution in [1.29, 1.82) is 0 Å². The second kappa shape index (κ2) is 9.96. The number of amides is 1. The van der Waals surface area contributed by atoms with Gasteiger partial charge in [0.1, 0.15) is 0 Å². The SMILES string of the molecule is COc1cc(C(=O)N(C)Cc2cnn(-c3ccccc3)c2)ccc1OCCC(C)C. The zero-order valence-electron chi connectivity index (χ0n) is 18.0. The molecule has 1 aromatic heterocycles. The van der Waals surface area contributed by atoms with Crippen LogP contribution in [0.2, 0.25) is 0 Å². The van der Waals surface area contributed by atoms with Crippen LogP contribution in [0.4, 0.5) is 0 Å². The van der Waals surface area contributed by atoms with E-state index in [1.165, 1.54) is 0 Å². The molecule has 0 saturated carbocycles. The van der Waals surface area contributed by atoms with Crippen molar-refractivity contribution in [3.05, 3.63) is 72.1 Å². The van der Waals surface area contributed by atoms with E-state index < -0.39 is 0 Å². The fourth-order valence-electron chi connectivity index (χ4n) is 3.05. The molecule has 3 rings (SSSR count). The third-order valence-electron chi connectivity index (χ3n) is 4.79. The van der Waals surface area contributed by atoms with Crippen molar-refractivity contribution < 1.29 is 14.3 Å². The van der Waals surface area contributed by atoms with Gasteiger partial charge in [0.15, 0.2) is 11.5 Å². The molecule has 3 aromatic rings. The Morgan fingerprint density at radius 3 is 2.60 bits per heavy atom. The lowest BCUT2D eigenvalue weighted by atomic mass is 10.1. The van der Waals surface area contributed by atoms with Crippen molar-refractivity contribution in [2.75, 3.05) is 20.8 Å². The zero-order valence-corrected chi connectivity index (χ0v) is 18.0. The lowest BCUT2D eigenvalue weighted by Crippen LogP contribution is -2.26. The zero-order chi connectivity index (χ0) is 21.5. The normalized spacial score (nSPS) is 10.8. The first kappa shape index (κ1) is 21.4. The summed E-state index contributed by atoms with van der Waals surface area (Å²) >= 11 is 0. The number of para-hydroxylation sites is 1. The lowest BCUT2D eigenvalue weighted by molar-refractivity contribution is 0.0784. The van der Waals surface area contributed by atoms with E-state index in [4.69, 9.17) is 9.47 Å². The molecule has 0 saturated heterocycles. The Labute approximate surface area is 178 Å². The first-order valence-electron chi connectivity index (χ1n) is 10.1. The van der Waals surface area contributed by atoms with Crippen molar-refractivity contribution in [2.24, 2.45) is 5.92 Å². The Morgan fingerprint density at radius 1 is 1.13 bits per heavy atom. The Hall–Kier alpha value is -3.28. The number of methoxy groups -OCH3 is 1. The van der Waals surface area contributed by atoms with Crippen molar-refractivity contribution in [3.8, 4) is 17.2 Å². The van der Waals surface area contributed by atoms with Crippen LogP contribution in [0.3, 0.4) is 0 Å². The Balaban J connectivity index is 1.66. The largest absolute Gasteiger partial charge is 0.493 e. The molecule has 2 aromatic carbocycles. The van der Waals surface area contributed by atoms with Gasteiger partial charge in [-0.2, -0.15) is 5.10 Å². The number of hydrogen-bond donors (Lipinski definition) is 0. The highest BCUT2D eigenvalue weighted by Crippen LogP contribution is 2.29. The van der Waals surface area contributed by atoms with Gasteiger partial charge in [0, 0.05) is 30.9 Å². The topological polar surface area (TPSA) is 56.6 Å². The van der Waals surface area contributed by atoms with Crippen LogP contribution in [0.15, 0.2) is 60.9 Å². The molecule has 0 aliphatic rings. The van der Waals surface area contributed by atoms with Gasteiger partial charge in [-0.15, -0.1) is 0 Å². The summed E-state index contributed by atoms with van der Waals surface area (Å²) in [5.74, 6) is 1.70. The molecule has 0 spiro atoms. The summed E-state index contributed by atoms with van der Waals surface area (Å²) in [5, 5.41) is 4.39. The van der Waals surface area contributed by atoms with Gasteiger partial charge in [-0.1, -0.05) is 32.0 Å². The highest BCUT2D eigenvalue weighted by Gasteiger charge is 2.16. The van der Waals surface area contributed by atoms with E-state index in [2.05, 4.69) is 18.9 Å². The van der Waals surface area contributed by atoms with Crippen LogP contribution in [-0.2, 0) is 6.54 Å². The van der Waals surface area contributed by atoms with Crippen LogP contribution in [0, 0.1) is 5.92 Å². The number of hydrogen-bond acceptors (Lipinski definition) is 4. The maximum Gasteiger partial charge on any atom is 0.254 e. The van der Waals surface area contributed by atoms with E-state index >= 15 is 0 Å². The molecular formula is C24H29N3O3. The standard InChI is InChI=1S/C24H29N3O3/c1-18(2)12-13-30-22-11-10-20(14-23(22)29-4)24(28)26(3)16-19-15-25-27(17-19)21-8-6-5-7-9-21/h5-11,14-15,17-18H,12-13,16H2,1-4H3. The van der Waals surface area contributed by atoms with Gasteiger partial charge >= 0.3 is 0 Å². The van der Waals surface area contributed by atoms with E-state index in [0.29, 0.717) is 36.1 Å². The maximum absolute atomic E-state index is 12.9. The Morgan fingerprint density at radius 2 is 1.90 bits per heavy atom. The summed E-state index contributed by atoms with van der Waals surface area (Å²) in [7, 11) is 3.36. The molecular weight excluding hydrogens is 378 g/mol. The third-order valence-corrected chi connectivity index (χ3v) is 4.79. The van der Waals surface area contributed by atoms with Crippen LogP contribution >= 0.6 is 0 Å². The molecule has 0 aliphatic heterocycles. The highest BCUT2D eigenvalue weighted by atomic mass is 16.5. The number of rotatable bonds is 9. The van der Waals surface area contributed by atoms with Gasteiger partial charge in [-0.3, -0.25) is 4.79 Å². The summed E-state index contributed by atoms with van der Waals surface area (Å²) in [6.45, 7) is 5.39. The van der Waals surface area contributed by atoms with Crippen LogP contribution in [-0.4, -0.2) is 41.4 Å². The number of benzene rings is 2. The molecule has 0 atom stereocenters. The smallest absolute Gasteiger partial charge is 0.254 e. The van der Waals surface area contributed by atoms with E-state index in [-0.39, 0.29) is 5.91 Å². The number of carbonyl (C=O) groups is 1. The van der Waals surface area contributed by atoms with Gasteiger partial charge in [-0.25, -0.2) is 4.68 Å². The highest BCUT2D eigenvalue weighted by molar-refractivity contribution is 5.94. The van der Waals surface area contributed by atoms with Crippen molar-refractivity contribution >= 4 is 5.91 Å². The molecule has 1 heterocycles. The summed E-state index contributed by atoms with van der Waals surface area (Å²) in [5.41, 5.74) is 2.49. The maximum atomic E-state index is 12.9. The average Bonchev–Trinajstić information content (AvgIpc) is 3.22. The van der Waals surface area contributed by atoms with Crippen molar-refractivity contribution in [2.45, 2.75) is 26.8 Å². The minimum Gasteiger partial charge on any atom is -0.493 e. The fourth-order valence-corrected chi connectivity index (χ4v) is 3.05. The summed E-state index contributed by atoms with van der Waals surface area (Å²) in [4.78, 5) is 14.6. The second-order valence-electron chi connectivity index (χ2n) is 7.69. The molecule has 30 heavy (non-hydrogen) atoms. The number of aromatic nitrogens is 2. The number of carbonyl (C=O) groups excluding carboxylic acids is 1. The minimum absolute atomic E-state index is 0.0884. The average molecular weight is 408 g/mol. The quantitative estimate of drug-likeness (QED) is 0.521. The van der Waals surface area contributed by atoms with Crippen LogP contribution in [0.5, 0.6) is 11.5 Å². The van der Waals surface area contributed by atoms with Gasteiger partial charge in [-0.05, 0) is 42.7 Å². The van der Waals surface area contributed by atoms with Gasteiger partial charge in [0.2, 0.25) is 0 Å². The first-order valence-corrected chi connectivity index (χ1v) is 10.1. The van der Waals surface area contributed by atoms with Gasteiger partial charge in [0.05, 0.1) is 25.6 Å². The van der Waals surface area contributed by atoms with Crippen LogP contribution in [0.1, 0.15) is 36.2 Å². The van der Waals surface area contributed by atoms with Gasteiger partial charge in [0.25, 0.3) is 5.91 Å². The van der Waals surface area contributed by atoms with Crippen LogP contribution < -0.4 is 9.47 Å². The monoisotopic (exact) mass is 407 g/mol. The summed E-state index contributed by atoms with van der Waals surface area (Å²) in [6.07, 6.45) is 4.68. The number of ether oxygens (including phenoxy) is 2. The molecule has 0 fully saturated rings. The predicted molar refractivity (Wildman–Crippen MR) is 117 cm³/mol. The molecule has 0 bridgehead atoms. The molecule has 0 N–H and O–H groups in total. The lowest BCUT2D eigenvalue weighted by Gasteiger charge is -2.18. The van der Waals surface area contributed by atoms with E-state index in [1.54, 1.807) is 48.1 Å².